The summed E-state index contributed by atoms with van der Waals surface area (Å²) < 4.78 is 1.16. The van der Waals surface area contributed by atoms with Gasteiger partial charge in [0, 0.05) is 9.61 Å². The first-order chi connectivity index (χ1) is 8.08. The summed E-state index contributed by atoms with van der Waals surface area (Å²) in [4.78, 5) is 10.5. The number of fused-ring (bicyclic) bond motifs is 1. The topological polar surface area (TPSA) is 69.6 Å². The first-order valence-corrected chi connectivity index (χ1v) is 6.57. The van der Waals surface area contributed by atoms with Crippen LogP contribution in [0, 0.1) is 3.57 Å². The first-order valence-electron chi connectivity index (χ1n) is 5.49. The van der Waals surface area contributed by atoms with Gasteiger partial charge in [0.1, 0.15) is 0 Å². The fraction of sp³-hybridized carbons (Fsp3) is 0.417. The van der Waals surface area contributed by atoms with E-state index in [1.54, 1.807) is 0 Å². The second kappa shape index (κ2) is 5.32. The second-order valence-corrected chi connectivity index (χ2v) is 5.45. The van der Waals surface area contributed by atoms with Gasteiger partial charge < -0.3 is 15.5 Å². The van der Waals surface area contributed by atoms with Crippen molar-refractivity contribution < 1.29 is 15.0 Å². The Hall–Kier alpha value is -0.660. The third-order valence-corrected chi connectivity index (χ3v) is 3.72. The highest BCUT2D eigenvalue weighted by Gasteiger charge is 2.27. The fourth-order valence-corrected chi connectivity index (χ4v) is 2.75. The molecule has 0 aliphatic heterocycles. The summed E-state index contributed by atoms with van der Waals surface area (Å²) in [5.74, 6) is -0.898. The van der Waals surface area contributed by atoms with Crippen LogP contribution in [0.4, 0.5) is 0 Å². The molecule has 1 aromatic rings. The fourth-order valence-electron chi connectivity index (χ4n) is 2.20. The number of rotatable bonds is 3. The van der Waals surface area contributed by atoms with Crippen LogP contribution in [-0.4, -0.2) is 28.8 Å². The lowest BCUT2D eigenvalue weighted by Crippen LogP contribution is -2.40. The number of aliphatic hydroxyl groups is 1. The van der Waals surface area contributed by atoms with E-state index < -0.39 is 12.1 Å². The summed E-state index contributed by atoms with van der Waals surface area (Å²) in [6.07, 6.45) is 1.03. The molecule has 0 aromatic heterocycles. The molecule has 2 unspecified atom stereocenters. The SMILES string of the molecule is O=C(O)CNC1CCc2cc(I)ccc2C1O. The van der Waals surface area contributed by atoms with E-state index in [1.807, 2.05) is 12.1 Å². The molecule has 1 aliphatic carbocycles. The molecule has 92 valence electrons. The Morgan fingerprint density at radius 2 is 2.29 bits per heavy atom. The van der Waals surface area contributed by atoms with Gasteiger partial charge in [0.15, 0.2) is 0 Å². The van der Waals surface area contributed by atoms with Crippen LogP contribution in [0.15, 0.2) is 18.2 Å². The number of hydrogen-bond donors (Lipinski definition) is 3. The van der Waals surface area contributed by atoms with Crippen molar-refractivity contribution in [2.24, 2.45) is 0 Å². The van der Waals surface area contributed by atoms with Gasteiger partial charge in [-0.2, -0.15) is 0 Å². The van der Waals surface area contributed by atoms with Crippen molar-refractivity contribution in [3.63, 3.8) is 0 Å². The number of carbonyl (C=O) groups is 1. The number of benzene rings is 1. The molecule has 0 bridgehead atoms. The number of hydrogen-bond acceptors (Lipinski definition) is 3. The van der Waals surface area contributed by atoms with Crippen molar-refractivity contribution in [2.75, 3.05) is 6.54 Å². The molecule has 0 heterocycles. The van der Waals surface area contributed by atoms with E-state index in [9.17, 15) is 9.90 Å². The summed E-state index contributed by atoms with van der Waals surface area (Å²) in [5, 5.41) is 21.7. The highest BCUT2D eigenvalue weighted by Crippen LogP contribution is 2.30. The molecular weight excluding hydrogens is 333 g/mol. The normalized spacial score (nSPS) is 23.2. The molecule has 4 nitrogen and oxygen atoms in total. The number of nitrogens with one attached hydrogen (secondary N) is 1. The van der Waals surface area contributed by atoms with Crippen LogP contribution in [0.2, 0.25) is 0 Å². The van der Waals surface area contributed by atoms with Crippen LogP contribution in [-0.2, 0) is 11.2 Å². The number of aliphatic hydroxyl groups excluding tert-OH is 1. The van der Waals surface area contributed by atoms with Crippen molar-refractivity contribution in [3.05, 3.63) is 32.9 Å². The van der Waals surface area contributed by atoms with Gasteiger partial charge in [-0.1, -0.05) is 6.07 Å². The number of aliphatic carboxylic acids is 1. The molecule has 2 rings (SSSR count). The van der Waals surface area contributed by atoms with Gasteiger partial charge in [0.25, 0.3) is 0 Å². The summed E-state index contributed by atoms with van der Waals surface area (Å²) >= 11 is 2.25. The van der Waals surface area contributed by atoms with E-state index in [-0.39, 0.29) is 12.6 Å². The van der Waals surface area contributed by atoms with Gasteiger partial charge in [-0.3, -0.25) is 4.79 Å². The zero-order valence-electron chi connectivity index (χ0n) is 9.19. The molecule has 0 spiro atoms. The minimum Gasteiger partial charge on any atom is -0.480 e. The number of halogens is 1. The molecular formula is C12H14INO3. The van der Waals surface area contributed by atoms with Crippen molar-refractivity contribution in [3.8, 4) is 0 Å². The summed E-state index contributed by atoms with van der Waals surface area (Å²) in [7, 11) is 0. The molecule has 0 amide bonds. The molecule has 2 atom stereocenters. The largest absolute Gasteiger partial charge is 0.480 e. The maximum atomic E-state index is 10.5. The Bertz CT molecular complexity index is 436. The van der Waals surface area contributed by atoms with Crippen LogP contribution in [0.1, 0.15) is 23.7 Å². The Kier molecular flexibility index (Phi) is 4.01. The van der Waals surface area contributed by atoms with Crippen LogP contribution < -0.4 is 5.32 Å². The maximum absolute atomic E-state index is 10.5. The monoisotopic (exact) mass is 347 g/mol. The Labute approximate surface area is 113 Å². The zero-order chi connectivity index (χ0) is 12.4. The van der Waals surface area contributed by atoms with Gasteiger partial charge in [-0.15, -0.1) is 0 Å². The quantitative estimate of drug-likeness (QED) is 0.722. The number of aryl methyl sites for hydroxylation is 1. The Morgan fingerprint density at radius 3 is 3.00 bits per heavy atom. The van der Waals surface area contributed by atoms with E-state index in [0.29, 0.717) is 0 Å². The van der Waals surface area contributed by atoms with Crippen molar-refractivity contribution in [1.29, 1.82) is 0 Å². The third kappa shape index (κ3) is 2.97. The van der Waals surface area contributed by atoms with E-state index in [0.717, 1.165) is 27.5 Å². The molecule has 0 fully saturated rings. The predicted molar refractivity (Wildman–Crippen MR) is 71.9 cm³/mol. The number of carboxylic acids is 1. The Balaban J connectivity index is 2.12. The molecule has 5 heteroatoms. The average Bonchev–Trinajstić information content (AvgIpc) is 2.27. The number of carboxylic acid groups (broad SMARTS) is 1. The highest BCUT2D eigenvalue weighted by atomic mass is 127. The van der Waals surface area contributed by atoms with Gasteiger partial charge in [-0.05, 0) is 58.7 Å². The average molecular weight is 347 g/mol. The molecule has 0 saturated heterocycles. The van der Waals surface area contributed by atoms with E-state index in [4.69, 9.17) is 5.11 Å². The smallest absolute Gasteiger partial charge is 0.317 e. The van der Waals surface area contributed by atoms with E-state index in [2.05, 4.69) is 34.0 Å². The lowest BCUT2D eigenvalue weighted by Gasteiger charge is -2.30. The summed E-state index contributed by atoms with van der Waals surface area (Å²) in [6, 6.07) is 5.80. The van der Waals surface area contributed by atoms with Crippen molar-refractivity contribution >= 4 is 28.6 Å². The third-order valence-electron chi connectivity index (χ3n) is 3.04. The molecule has 1 aromatic carbocycles. The van der Waals surface area contributed by atoms with Crippen LogP contribution >= 0.6 is 22.6 Å². The Morgan fingerprint density at radius 1 is 1.53 bits per heavy atom. The maximum Gasteiger partial charge on any atom is 0.317 e. The van der Waals surface area contributed by atoms with Crippen LogP contribution in [0.3, 0.4) is 0 Å². The summed E-state index contributed by atoms with van der Waals surface area (Å²) in [6.45, 7) is -0.110. The lowest BCUT2D eigenvalue weighted by atomic mass is 9.86. The molecule has 3 N–H and O–H groups in total. The minimum absolute atomic E-state index is 0.110. The van der Waals surface area contributed by atoms with Gasteiger partial charge in [0.05, 0.1) is 12.6 Å². The second-order valence-electron chi connectivity index (χ2n) is 4.21. The van der Waals surface area contributed by atoms with Crippen molar-refractivity contribution in [1.82, 2.24) is 5.32 Å². The summed E-state index contributed by atoms with van der Waals surface area (Å²) in [5.41, 5.74) is 2.08. The van der Waals surface area contributed by atoms with Gasteiger partial charge >= 0.3 is 5.97 Å². The van der Waals surface area contributed by atoms with Crippen LogP contribution in [0.25, 0.3) is 0 Å². The standard InChI is InChI=1S/C12H14INO3/c13-8-2-3-9-7(5-8)1-4-10(12(9)17)14-6-11(15)16/h2-3,5,10,12,14,17H,1,4,6H2,(H,15,16). The first kappa shape index (κ1) is 12.8. The van der Waals surface area contributed by atoms with Gasteiger partial charge in [-0.25, -0.2) is 0 Å². The van der Waals surface area contributed by atoms with Crippen LogP contribution in [0.5, 0.6) is 0 Å². The minimum atomic E-state index is -0.898. The predicted octanol–water partition coefficient (Wildman–Crippen LogP) is 1.31. The lowest BCUT2D eigenvalue weighted by molar-refractivity contribution is -0.136. The van der Waals surface area contributed by atoms with Gasteiger partial charge in [0.2, 0.25) is 0 Å². The molecule has 0 saturated carbocycles. The van der Waals surface area contributed by atoms with E-state index >= 15 is 0 Å². The van der Waals surface area contributed by atoms with Crippen molar-refractivity contribution in [2.45, 2.75) is 25.0 Å². The molecule has 17 heavy (non-hydrogen) atoms. The zero-order valence-corrected chi connectivity index (χ0v) is 11.3. The molecule has 1 aliphatic rings. The van der Waals surface area contributed by atoms with E-state index in [1.165, 1.54) is 0 Å². The highest BCUT2D eigenvalue weighted by molar-refractivity contribution is 14.1. The molecule has 0 radical (unpaired) electrons.